The van der Waals surface area contributed by atoms with Gasteiger partial charge in [0.05, 0.1) is 0 Å². The van der Waals surface area contributed by atoms with Gasteiger partial charge in [-0.25, -0.2) is 4.39 Å². The summed E-state index contributed by atoms with van der Waals surface area (Å²) in [6.07, 6.45) is 0. The van der Waals surface area contributed by atoms with Crippen LogP contribution in [0.5, 0.6) is 5.75 Å². The van der Waals surface area contributed by atoms with Crippen LogP contribution in [0, 0.1) is 18.7 Å². The minimum atomic E-state index is -0.308. The van der Waals surface area contributed by atoms with Crippen LogP contribution in [0.15, 0.2) is 18.2 Å². The van der Waals surface area contributed by atoms with Crippen molar-refractivity contribution in [1.29, 1.82) is 0 Å². The Morgan fingerprint density at radius 1 is 1.39 bits per heavy atom. The Balaban J connectivity index is 2.47. The molecule has 1 aromatic carbocycles. The zero-order valence-electron chi connectivity index (χ0n) is 11.3. The third kappa shape index (κ3) is 4.35. The van der Waals surface area contributed by atoms with E-state index >= 15 is 0 Å². The highest BCUT2D eigenvalue weighted by atomic mass is 19.1. The summed E-state index contributed by atoms with van der Waals surface area (Å²) in [7, 11) is 0. The molecule has 1 rings (SSSR count). The van der Waals surface area contributed by atoms with Gasteiger partial charge >= 0.3 is 0 Å². The molecule has 0 aliphatic heterocycles. The average Bonchev–Trinajstić information content (AvgIpc) is 2.27. The van der Waals surface area contributed by atoms with Crippen molar-refractivity contribution in [2.75, 3.05) is 6.61 Å². The summed E-state index contributed by atoms with van der Waals surface area (Å²) in [4.78, 5) is 11.6. The summed E-state index contributed by atoms with van der Waals surface area (Å²) in [5, 5.41) is 2.84. The molecular formula is C14H20FNO2. The number of hydrogen-bond donors (Lipinski definition) is 1. The summed E-state index contributed by atoms with van der Waals surface area (Å²) in [5.41, 5.74) is 0.680. The van der Waals surface area contributed by atoms with Gasteiger partial charge < -0.3 is 10.1 Å². The van der Waals surface area contributed by atoms with Gasteiger partial charge in [-0.05, 0) is 43.5 Å². The minimum Gasteiger partial charge on any atom is -0.484 e. The molecule has 18 heavy (non-hydrogen) atoms. The lowest BCUT2D eigenvalue weighted by Gasteiger charge is -2.17. The molecule has 1 aromatic rings. The highest BCUT2D eigenvalue weighted by Gasteiger charge is 2.11. The van der Waals surface area contributed by atoms with Crippen LogP contribution in [0.2, 0.25) is 0 Å². The SMILES string of the molecule is Cc1cc(F)ccc1OCC(=O)NC(C)C(C)C. The van der Waals surface area contributed by atoms with Crippen molar-refractivity contribution in [3.63, 3.8) is 0 Å². The first-order chi connectivity index (χ1) is 8.40. The molecule has 0 radical (unpaired) electrons. The van der Waals surface area contributed by atoms with E-state index < -0.39 is 0 Å². The molecule has 0 saturated heterocycles. The monoisotopic (exact) mass is 253 g/mol. The molecule has 0 bridgehead atoms. The first kappa shape index (κ1) is 14.5. The van der Waals surface area contributed by atoms with Crippen LogP contribution in [-0.4, -0.2) is 18.6 Å². The van der Waals surface area contributed by atoms with Gasteiger partial charge in [-0.15, -0.1) is 0 Å². The van der Waals surface area contributed by atoms with Crippen molar-refractivity contribution in [1.82, 2.24) is 5.32 Å². The smallest absolute Gasteiger partial charge is 0.258 e. The van der Waals surface area contributed by atoms with Crippen molar-refractivity contribution in [3.8, 4) is 5.75 Å². The lowest BCUT2D eigenvalue weighted by molar-refractivity contribution is -0.124. The van der Waals surface area contributed by atoms with Gasteiger partial charge in [0.15, 0.2) is 6.61 Å². The molecule has 0 heterocycles. The van der Waals surface area contributed by atoms with Crippen molar-refractivity contribution >= 4 is 5.91 Å². The second-order valence-corrected chi connectivity index (χ2v) is 4.80. The van der Waals surface area contributed by atoms with E-state index in [1.54, 1.807) is 6.92 Å². The zero-order valence-corrected chi connectivity index (χ0v) is 11.3. The van der Waals surface area contributed by atoms with Crippen LogP contribution in [-0.2, 0) is 4.79 Å². The highest BCUT2D eigenvalue weighted by Crippen LogP contribution is 2.18. The third-order valence-electron chi connectivity index (χ3n) is 2.88. The first-order valence-corrected chi connectivity index (χ1v) is 6.08. The zero-order chi connectivity index (χ0) is 13.7. The van der Waals surface area contributed by atoms with Crippen molar-refractivity contribution in [2.24, 2.45) is 5.92 Å². The van der Waals surface area contributed by atoms with E-state index in [-0.39, 0.29) is 24.4 Å². The van der Waals surface area contributed by atoms with Gasteiger partial charge in [-0.1, -0.05) is 13.8 Å². The molecule has 0 aliphatic rings. The van der Waals surface area contributed by atoms with Crippen LogP contribution < -0.4 is 10.1 Å². The molecule has 1 amide bonds. The Morgan fingerprint density at radius 2 is 2.06 bits per heavy atom. The van der Waals surface area contributed by atoms with Gasteiger partial charge in [-0.3, -0.25) is 4.79 Å². The molecule has 1 atom stereocenters. The van der Waals surface area contributed by atoms with Gasteiger partial charge in [0.25, 0.3) is 5.91 Å². The molecule has 1 unspecified atom stereocenters. The first-order valence-electron chi connectivity index (χ1n) is 6.08. The Hall–Kier alpha value is -1.58. The number of benzene rings is 1. The third-order valence-corrected chi connectivity index (χ3v) is 2.88. The highest BCUT2D eigenvalue weighted by molar-refractivity contribution is 5.77. The fraction of sp³-hybridized carbons (Fsp3) is 0.500. The predicted molar refractivity (Wildman–Crippen MR) is 69.1 cm³/mol. The molecule has 0 saturated carbocycles. The number of carbonyl (C=O) groups excluding carboxylic acids is 1. The second-order valence-electron chi connectivity index (χ2n) is 4.80. The molecule has 3 nitrogen and oxygen atoms in total. The summed E-state index contributed by atoms with van der Waals surface area (Å²) in [6, 6.07) is 4.33. The number of carbonyl (C=O) groups is 1. The van der Waals surface area contributed by atoms with Gasteiger partial charge in [0.1, 0.15) is 11.6 Å². The molecule has 0 aromatic heterocycles. The van der Waals surface area contributed by atoms with E-state index in [4.69, 9.17) is 4.74 Å². The van der Waals surface area contributed by atoms with E-state index in [1.807, 2.05) is 20.8 Å². The summed E-state index contributed by atoms with van der Waals surface area (Å²) >= 11 is 0. The second kappa shape index (κ2) is 6.38. The number of nitrogens with one attached hydrogen (secondary N) is 1. The fourth-order valence-electron chi connectivity index (χ4n) is 1.38. The van der Waals surface area contributed by atoms with E-state index in [9.17, 15) is 9.18 Å². The number of rotatable bonds is 5. The van der Waals surface area contributed by atoms with E-state index in [0.717, 1.165) is 0 Å². The molecule has 100 valence electrons. The molecule has 1 N–H and O–H groups in total. The summed E-state index contributed by atoms with van der Waals surface area (Å²) in [6.45, 7) is 7.72. The maximum absolute atomic E-state index is 12.9. The van der Waals surface area contributed by atoms with Gasteiger partial charge in [0.2, 0.25) is 0 Å². The fourth-order valence-corrected chi connectivity index (χ4v) is 1.38. The van der Waals surface area contributed by atoms with Crippen molar-refractivity contribution in [2.45, 2.75) is 33.7 Å². The van der Waals surface area contributed by atoms with Crippen LogP contribution in [0.4, 0.5) is 4.39 Å². The average molecular weight is 253 g/mol. The Labute approximate surface area is 107 Å². The van der Waals surface area contributed by atoms with Crippen LogP contribution in [0.3, 0.4) is 0 Å². The number of ether oxygens (including phenoxy) is 1. The van der Waals surface area contributed by atoms with Crippen LogP contribution in [0.25, 0.3) is 0 Å². The Kier molecular flexibility index (Phi) is 5.13. The van der Waals surface area contributed by atoms with E-state index in [2.05, 4.69) is 5.32 Å². The van der Waals surface area contributed by atoms with Crippen LogP contribution >= 0.6 is 0 Å². The standard InChI is InChI=1S/C14H20FNO2/c1-9(2)11(4)16-14(17)8-18-13-6-5-12(15)7-10(13)3/h5-7,9,11H,8H2,1-4H3,(H,16,17). The molecule has 0 spiro atoms. The Bertz CT molecular complexity index is 418. The quantitative estimate of drug-likeness (QED) is 0.876. The maximum atomic E-state index is 12.9. The predicted octanol–water partition coefficient (Wildman–Crippen LogP) is 2.67. The van der Waals surface area contributed by atoms with E-state index in [1.165, 1.54) is 18.2 Å². The molecular weight excluding hydrogens is 233 g/mol. The van der Waals surface area contributed by atoms with Crippen LogP contribution in [0.1, 0.15) is 26.3 Å². The van der Waals surface area contributed by atoms with Gasteiger partial charge in [-0.2, -0.15) is 0 Å². The molecule has 0 aliphatic carbocycles. The number of aryl methyl sites for hydroxylation is 1. The van der Waals surface area contributed by atoms with Gasteiger partial charge in [0, 0.05) is 6.04 Å². The van der Waals surface area contributed by atoms with E-state index in [0.29, 0.717) is 17.2 Å². The lowest BCUT2D eigenvalue weighted by atomic mass is 10.1. The number of halogens is 1. The maximum Gasteiger partial charge on any atom is 0.258 e. The summed E-state index contributed by atoms with van der Waals surface area (Å²) in [5.74, 6) is 0.433. The minimum absolute atomic E-state index is 0.0521. The number of amides is 1. The molecule has 4 heteroatoms. The lowest BCUT2D eigenvalue weighted by Crippen LogP contribution is -2.39. The number of hydrogen-bond acceptors (Lipinski definition) is 2. The van der Waals surface area contributed by atoms with Crippen molar-refractivity contribution in [3.05, 3.63) is 29.6 Å². The largest absolute Gasteiger partial charge is 0.484 e. The Morgan fingerprint density at radius 3 is 2.61 bits per heavy atom. The van der Waals surface area contributed by atoms with Crippen molar-refractivity contribution < 1.29 is 13.9 Å². The summed E-state index contributed by atoms with van der Waals surface area (Å²) < 4.78 is 18.2. The normalized spacial score (nSPS) is 12.3. The molecule has 0 fully saturated rings. The topological polar surface area (TPSA) is 38.3 Å².